The van der Waals surface area contributed by atoms with Crippen LogP contribution in [0.1, 0.15) is 60.4 Å². The van der Waals surface area contributed by atoms with Gasteiger partial charge >= 0.3 is 0 Å². The van der Waals surface area contributed by atoms with Crippen molar-refractivity contribution in [1.29, 1.82) is 0 Å². The summed E-state index contributed by atoms with van der Waals surface area (Å²) in [4.78, 5) is 19.3. The number of carbonyl (C=O) groups excluding carboxylic acids is 1. The molecule has 6 nitrogen and oxygen atoms in total. The number of aromatic nitrogens is 3. The molecule has 0 N–H and O–H groups in total. The largest absolute Gasteiger partial charge is 0.361 e. The third-order valence-electron chi connectivity index (χ3n) is 4.62. The number of hydrogen-bond acceptors (Lipinski definition) is 4. The molecule has 124 valence electrons. The molecule has 0 aliphatic carbocycles. The highest BCUT2D eigenvalue weighted by molar-refractivity contribution is 5.96. The molecule has 6 heteroatoms. The Hall–Kier alpha value is -2.11. The van der Waals surface area contributed by atoms with Gasteiger partial charge < -0.3 is 14.0 Å². The lowest BCUT2D eigenvalue weighted by atomic mass is 10.0. The number of amides is 1. The monoisotopic (exact) mass is 316 g/mol. The topological polar surface area (TPSA) is 64.2 Å². The maximum atomic E-state index is 12.9. The summed E-state index contributed by atoms with van der Waals surface area (Å²) >= 11 is 0. The Morgan fingerprint density at radius 2 is 2.22 bits per heavy atom. The maximum Gasteiger partial charge on any atom is 0.259 e. The molecule has 1 aliphatic rings. The number of carbonyl (C=O) groups is 1. The number of aryl methyl sites for hydroxylation is 3. The van der Waals surface area contributed by atoms with Gasteiger partial charge in [0.25, 0.3) is 5.91 Å². The van der Waals surface area contributed by atoms with E-state index in [1.54, 1.807) is 0 Å². The average molecular weight is 316 g/mol. The van der Waals surface area contributed by atoms with Crippen LogP contribution in [0.5, 0.6) is 0 Å². The van der Waals surface area contributed by atoms with E-state index in [1.165, 1.54) is 0 Å². The minimum absolute atomic E-state index is 0.0449. The van der Waals surface area contributed by atoms with Crippen LogP contribution >= 0.6 is 0 Å². The van der Waals surface area contributed by atoms with Crippen molar-refractivity contribution in [1.82, 2.24) is 19.6 Å². The summed E-state index contributed by atoms with van der Waals surface area (Å²) in [6.45, 7) is 7.42. The highest BCUT2D eigenvalue weighted by Gasteiger charge is 2.29. The zero-order chi connectivity index (χ0) is 16.4. The lowest BCUT2D eigenvalue weighted by Gasteiger charge is -2.34. The fraction of sp³-hybridized carbons (Fsp3) is 0.588. The van der Waals surface area contributed by atoms with Crippen molar-refractivity contribution >= 4 is 5.91 Å². The van der Waals surface area contributed by atoms with Gasteiger partial charge in [0.05, 0.1) is 11.7 Å². The van der Waals surface area contributed by atoms with Crippen LogP contribution in [-0.2, 0) is 12.8 Å². The highest BCUT2D eigenvalue weighted by atomic mass is 16.5. The summed E-state index contributed by atoms with van der Waals surface area (Å²) in [5.74, 6) is 1.74. The van der Waals surface area contributed by atoms with Gasteiger partial charge in [-0.2, -0.15) is 0 Å². The third-order valence-corrected chi connectivity index (χ3v) is 4.62. The van der Waals surface area contributed by atoms with Gasteiger partial charge in [0.2, 0.25) is 0 Å². The first-order chi connectivity index (χ1) is 11.2. The minimum Gasteiger partial charge on any atom is -0.361 e. The van der Waals surface area contributed by atoms with E-state index in [0.717, 1.165) is 43.9 Å². The van der Waals surface area contributed by atoms with Crippen LogP contribution in [0.3, 0.4) is 0 Å². The smallest absolute Gasteiger partial charge is 0.259 e. The molecular weight excluding hydrogens is 292 g/mol. The van der Waals surface area contributed by atoms with E-state index in [4.69, 9.17) is 4.52 Å². The molecule has 0 spiro atoms. The predicted octanol–water partition coefficient (Wildman–Crippen LogP) is 2.78. The van der Waals surface area contributed by atoms with Gasteiger partial charge in [-0.3, -0.25) is 4.79 Å². The minimum atomic E-state index is 0.0449. The molecule has 1 amide bonds. The lowest BCUT2D eigenvalue weighted by molar-refractivity contribution is 0.0675. The van der Waals surface area contributed by atoms with Crippen LogP contribution in [0.25, 0.3) is 0 Å². The summed E-state index contributed by atoms with van der Waals surface area (Å²) in [5.41, 5.74) is 1.40. The van der Waals surface area contributed by atoms with E-state index in [-0.39, 0.29) is 5.91 Å². The zero-order valence-electron chi connectivity index (χ0n) is 14.1. The summed E-state index contributed by atoms with van der Waals surface area (Å²) in [5, 5.41) is 4.01. The number of nitrogens with zero attached hydrogens (tertiary/aromatic N) is 4. The Morgan fingerprint density at radius 3 is 2.96 bits per heavy atom. The van der Waals surface area contributed by atoms with Crippen molar-refractivity contribution in [2.75, 3.05) is 13.1 Å². The Labute approximate surface area is 136 Å². The van der Waals surface area contributed by atoms with Crippen molar-refractivity contribution in [3.05, 3.63) is 35.2 Å². The Bertz CT molecular complexity index is 689. The van der Waals surface area contributed by atoms with Crippen molar-refractivity contribution in [2.24, 2.45) is 0 Å². The van der Waals surface area contributed by atoms with Crippen molar-refractivity contribution in [3.63, 3.8) is 0 Å². The Morgan fingerprint density at radius 1 is 1.39 bits per heavy atom. The molecule has 0 unspecified atom stereocenters. The van der Waals surface area contributed by atoms with Gasteiger partial charge in [-0.15, -0.1) is 0 Å². The Kier molecular flexibility index (Phi) is 4.50. The van der Waals surface area contributed by atoms with E-state index in [1.807, 2.05) is 31.1 Å². The Balaban J connectivity index is 1.81. The number of likely N-dealkylation sites (tertiary alicyclic amines) is 1. The third kappa shape index (κ3) is 2.90. The summed E-state index contributed by atoms with van der Waals surface area (Å²) in [7, 11) is 0. The van der Waals surface area contributed by atoms with Gasteiger partial charge in [0, 0.05) is 31.9 Å². The zero-order valence-corrected chi connectivity index (χ0v) is 14.1. The second-order valence-corrected chi connectivity index (χ2v) is 6.07. The number of piperidine rings is 1. The molecule has 23 heavy (non-hydrogen) atoms. The summed E-state index contributed by atoms with van der Waals surface area (Å²) in [6, 6.07) is 0.301. The van der Waals surface area contributed by atoms with Gasteiger partial charge in [-0.05, 0) is 26.2 Å². The fourth-order valence-corrected chi connectivity index (χ4v) is 3.41. The molecule has 0 saturated carbocycles. The molecule has 0 bridgehead atoms. The van der Waals surface area contributed by atoms with Gasteiger partial charge in [0.15, 0.2) is 0 Å². The van der Waals surface area contributed by atoms with Crippen LogP contribution in [-0.4, -0.2) is 38.6 Å². The molecule has 0 radical (unpaired) electrons. The van der Waals surface area contributed by atoms with E-state index in [9.17, 15) is 4.79 Å². The SMILES string of the molecule is CCc1noc(C)c1C(=O)N1CCC[C@H](n2ccnc2CC)C1. The van der Waals surface area contributed by atoms with Crippen molar-refractivity contribution in [2.45, 2.75) is 52.5 Å². The molecule has 3 rings (SSSR count). The summed E-state index contributed by atoms with van der Waals surface area (Å²) in [6.07, 6.45) is 7.57. The second-order valence-electron chi connectivity index (χ2n) is 6.07. The van der Waals surface area contributed by atoms with Gasteiger partial charge in [-0.25, -0.2) is 4.98 Å². The van der Waals surface area contributed by atoms with Crippen LogP contribution in [0, 0.1) is 6.92 Å². The molecule has 1 atom stereocenters. The standard InChI is InChI=1S/C17H24N4O2/c1-4-14-16(12(3)23-19-14)17(22)20-9-6-7-13(11-20)21-10-8-18-15(21)5-2/h8,10,13H,4-7,9,11H2,1-3H3/t13-/m0/s1. The van der Waals surface area contributed by atoms with E-state index >= 15 is 0 Å². The lowest BCUT2D eigenvalue weighted by Crippen LogP contribution is -2.41. The van der Waals surface area contributed by atoms with Crippen LogP contribution < -0.4 is 0 Å². The second kappa shape index (κ2) is 6.56. The van der Waals surface area contributed by atoms with Crippen LogP contribution in [0.2, 0.25) is 0 Å². The fourth-order valence-electron chi connectivity index (χ4n) is 3.41. The first-order valence-corrected chi connectivity index (χ1v) is 8.41. The predicted molar refractivity (Wildman–Crippen MR) is 86.4 cm³/mol. The quantitative estimate of drug-likeness (QED) is 0.870. The van der Waals surface area contributed by atoms with E-state index < -0.39 is 0 Å². The molecule has 1 aliphatic heterocycles. The number of hydrogen-bond donors (Lipinski definition) is 0. The summed E-state index contributed by atoms with van der Waals surface area (Å²) < 4.78 is 7.44. The normalized spacial score (nSPS) is 18.4. The van der Waals surface area contributed by atoms with E-state index in [0.29, 0.717) is 23.8 Å². The number of rotatable bonds is 4. The van der Waals surface area contributed by atoms with E-state index in [2.05, 4.69) is 21.6 Å². The average Bonchev–Trinajstić information content (AvgIpc) is 3.20. The highest BCUT2D eigenvalue weighted by Crippen LogP contribution is 2.26. The van der Waals surface area contributed by atoms with Crippen molar-refractivity contribution < 1.29 is 9.32 Å². The first-order valence-electron chi connectivity index (χ1n) is 8.41. The maximum absolute atomic E-state index is 12.9. The van der Waals surface area contributed by atoms with Gasteiger partial charge in [-0.1, -0.05) is 19.0 Å². The molecule has 2 aromatic heterocycles. The molecular formula is C17H24N4O2. The van der Waals surface area contributed by atoms with Crippen LogP contribution in [0.4, 0.5) is 0 Å². The van der Waals surface area contributed by atoms with Gasteiger partial charge in [0.1, 0.15) is 17.1 Å². The molecule has 1 fully saturated rings. The van der Waals surface area contributed by atoms with Crippen molar-refractivity contribution in [3.8, 4) is 0 Å². The first kappa shape index (κ1) is 15.8. The molecule has 3 heterocycles. The molecule has 0 aromatic carbocycles. The number of imidazole rings is 1. The molecule has 2 aromatic rings. The molecule has 1 saturated heterocycles. The van der Waals surface area contributed by atoms with Crippen LogP contribution in [0.15, 0.2) is 16.9 Å².